The molecular formula is C10H8Cl2FN3O. The van der Waals surface area contributed by atoms with E-state index < -0.39 is 11.2 Å². The SMILES string of the molecule is CC(Cl)c1nnc(Nc2ccc(Cl)cc2F)o1. The van der Waals surface area contributed by atoms with Gasteiger partial charge in [-0.05, 0) is 25.1 Å². The molecule has 1 atom stereocenters. The monoisotopic (exact) mass is 275 g/mol. The summed E-state index contributed by atoms with van der Waals surface area (Å²) < 4.78 is 18.6. The first-order chi connectivity index (χ1) is 8.06. The molecule has 0 spiro atoms. The fourth-order valence-corrected chi connectivity index (χ4v) is 1.40. The number of halogens is 3. The lowest BCUT2D eigenvalue weighted by Gasteiger charge is -2.02. The normalized spacial score (nSPS) is 12.5. The maximum absolute atomic E-state index is 13.4. The molecule has 0 radical (unpaired) electrons. The average Bonchev–Trinajstić information content (AvgIpc) is 2.71. The zero-order valence-corrected chi connectivity index (χ0v) is 10.3. The van der Waals surface area contributed by atoms with Crippen LogP contribution in [-0.4, -0.2) is 10.2 Å². The summed E-state index contributed by atoms with van der Waals surface area (Å²) in [5, 5.41) is 9.94. The number of hydrogen-bond donors (Lipinski definition) is 1. The molecule has 2 aromatic rings. The Morgan fingerprint density at radius 2 is 2.18 bits per heavy atom. The van der Waals surface area contributed by atoms with Gasteiger partial charge in [0.15, 0.2) is 0 Å². The summed E-state index contributed by atoms with van der Waals surface area (Å²) in [5.74, 6) is -0.236. The molecule has 0 fully saturated rings. The van der Waals surface area contributed by atoms with E-state index in [1.165, 1.54) is 12.1 Å². The summed E-state index contributed by atoms with van der Waals surface area (Å²) in [5.41, 5.74) is 0.201. The number of benzene rings is 1. The number of anilines is 2. The number of hydrogen-bond acceptors (Lipinski definition) is 4. The van der Waals surface area contributed by atoms with Crippen LogP contribution in [0.25, 0.3) is 0 Å². The van der Waals surface area contributed by atoms with Crippen molar-refractivity contribution in [3.63, 3.8) is 0 Å². The van der Waals surface area contributed by atoms with Crippen LogP contribution in [0.15, 0.2) is 22.6 Å². The molecular weight excluding hydrogens is 268 g/mol. The molecule has 0 aliphatic carbocycles. The van der Waals surface area contributed by atoms with Gasteiger partial charge >= 0.3 is 6.01 Å². The van der Waals surface area contributed by atoms with Crippen LogP contribution in [0.5, 0.6) is 0 Å². The average molecular weight is 276 g/mol. The summed E-state index contributed by atoms with van der Waals surface area (Å²) in [6.45, 7) is 1.70. The Morgan fingerprint density at radius 1 is 1.41 bits per heavy atom. The Bertz CT molecular complexity index is 530. The van der Waals surface area contributed by atoms with Crippen LogP contribution in [-0.2, 0) is 0 Å². The molecule has 1 aromatic carbocycles. The first kappa shape index (κ1) is 12.1. The first-order valence-corrected chi connectivity index (χ1v) is 5.57. The minimum atomic E-state index is -0.504. The van der Waals surface area contributed by atoms with Crippen LogP contribution in [0.3, 0.4) is 0 Å². The molecule has 1 N–H and O–H groups in total. The van der Waals surface area contributed by atoms with E-state index in [2.05, 4.69) is 15.5 Å². The molecule has 2 rings (SSSR count). The lowest BCUT2D eigenvalue weighted by atomic mass is 10.3. The van der Waals surface area contributed by atoms with Gasteiger partial charge in [0.25, 0.3) is 0 Å². The van der Waals surface area contributed by atoms with Gasteiger partial charge in [-0.15, -0.1) is 16.7 Å². The molecule has 4 nitrogen and oxygen atoms in total. The minimum Gasteiger partial charge on any atom is -0.406 e. The lowest BCUT2D eigenvalue weighted by Crippen LogP contribution is -1.93. The van der Waals surface area contributed by atoms with Crippen molar-refractivity contribution in [1.29, 1.82) is 0 Å². The van der Waals surface area contributed by atoms with Crippen LogP contribution >= 0.6 is 23.2 Å². The number of alkyl halides is 1. The summed E-state index contributed by atoms with van der Waals surface area (Å²) in [6, 6.07) is 4.29. The van der Waals surface area contributed by atoms with Gasteiger partial charge in [-0.2, -0.15) is 0 Å². The molecule has 0 aliphatic rings. The van der Waals surface area contributed by atoms with Crippen LogP contribution in [0, 0.1) is 5.82 Å². The highest BCUT2D eigenvalue weighted by molar-refractivity contribution is 6.30. The highest BCUT2D eigenvalue weighted by Crippen LogP contribution is 2.24. The fourth-order valence-electron chi connectivity index (χ4n) is 1.15. The van der Waals surface area contributed by atoms with Crippen molar-refractivity contribution >= 4 is 34.9 Å². The summed E-state index contributed by atoms with van der Waals surface area (Å²) in [6.07, 6.45) is 0. The third-order valence-electron chi connectivity index (χ3n) is 1.95. The molecule has 1 heterocycles. The maximum Gasteiger partial charge on any atom is 0.320 e. The van der Waals surface area contributed by atoms with Crippen molar-refractivity contribution < 1.29 is 8.81 Å². The molecule has 1 aromatic heterocycles. The Kier molecular flexibility index (Phi) is 3.49. The van der Waals surface area contributed by atoms with E-state index in [-0.39, 0.29) is 17.6 Å². The van der Waals surface area contributed by atoms with Gasteiger partial charge < -0.3 is 9.73 Å². The topological polar surface area (TPSA) is 51.0 Å². The highest BCUT2D eigenvalue weighted by atomic mass is 35.5. The standard InChI is InChI=1S/C10H8Cl2FN3O/c1-5(11)9-15-16-10(17-9)14-8-3-2-6(12)4-7(8)13/h2-5H,1H3,(H,14,16). The van der Waals surface area contributed by atoms with Gasteiger partial charge in [0.1, 0.15) is 11.2 Å². The Hall–Kier alpha value is -1.33. The summed E-state index contributed by atoms with van der Waals surface area (Å²) >= 11 is 11.4. The second-order valence-electron chi connectivity index (χ2n) is 3.31. The van der Waals surface area contributed by atoms with Gasteiger partial charge in [0.2, 0.25) is 5.89 Å². The van der Waals surface area contributed by atoms with Crippen molar-refractivity contribution in [2.75, 3.05) is 5.32 Å². The molecule has 0 saturated heterocycles. The van der Waals surface area contributed by atoms with E-state index in [9.17, 15) is 4.39 Å². The van der Waals surface area contributed by atoms with Crippen molar-refractivity contribution in [1.82, 2.24) is 10.2 Å². The van der Waals surface area contributed by atoms with E-state index in [0.717, 1.165) is 0 Å². The molecule has 1 unspecified atom stereocenters. The highest BCUT2D eigenvalue weighted by Gasteiger charge is 2.12. The van der Waals surface area contributed by atoms with E-state index in [1.54, 1.807) is 13.0 Å². The van der Waals surface area contributed by atoms with E-state index >= 15 is 0 Å². The number of nitrogens with zero attached hydrogens (tertiary/aromatic N) is 2. The van der Waals surface area contributed by atoms with Gasteiger partial charge in [-0.3, -0.25) is 0 Å². The molecule has 0 amide bonds. The summed E-state index contributed by atoms with van der Waals surface area (Å²) in [4.78, 5) is 0. The number of nitrogens with one attached hydrogen (secondary N) is 1. The van der Waals surface area contributed by atoms with Crippen molar-refractivity contribution in [3.05, 3.63) is 34.9 Å². The van der Waals surface area contributed by atoms with E-state index in [0.29, 0.717) is 5.02 Å². The number of aromatic nitrogens is 2. The van der Waals surface area contributed by atoms with Crippen LogP contribution < -0.4 is 5.32 Å². The van der Waals surface area contributed by atoms with Crippen molar-refractivity contribution in [2.24, 2.45) is 0 Å². The Morgan fingerprint density at radius 3 is 2.76 bits per heavy atom. The molecule has 90 valence electrons. The fraction of sp³-hybridized carbons (Fsp3) is 0.200. The zero-order valence-electron chi connectivity index (χ0n) is 8.75. The predicted octanol–water partition coefficient (Wildman–Crippen LogP) is 3.91. The van der Waals surface area contributed by atoms with E-state index in [1.807, 2.05) is 0 Å². The smallest absolute Gasteiger partial charge is 0.320 e. The van der Waals surface area contributed by atoms with Gasteiger partial charge in [-0.1, -0.05) is 16.7 Å². The van der Waals surface area contributed by atoms with Crippen LogP contribution in [0.2, 0.25) is 5.02 Å². The summed E-state index contributed by atoms with van der Waals surface area (Å²) in [7, 11) is 0. The zero-order chi connectivity index (χ0) is 12.4. The minimum absolute atomic E-state index is 0.0775. The second kappa shape index (κ2) is 4.89. The van der Waals surface area contributed by atoms with Crippen molar-refractivity contribution in [2.45, 2.75) is 12.3 Å². The lowest BCUT2D eigenvalue weighted by molar-refractivity contribution is 0.509. The third kappa shape index (κ3) is 2.87. The van der Waals surface area contributed by atoms with E-state index in [4.69, 9.17) is 27.6 Å². The van der Waals surface area contributed by atoms with Gasteiger partial charge in [-0.25, -0.2) is 4.39 Å². The van der Waals surface area contributed by atoms with Gasteiger partial charge in [0, 0.05) is 5.02 Å². The van der Waals surface area contributed by atoms with Crippen LogP contribution in [0.1, 0.15) is 18.2 Å². The quantitative estimate of drug-likeness (QED) is 0.863. The molecule has 0 bridgehead atoms. The van der Waals surface area contributed by atoms with Crippen LogP contribution in [0.4, 0.5) is 16.1 Å². The van der Waals surface area contributed by atoms with Gasteiger partial charge in [0.05, 0.1) is 5.69 Å². The number of rotatable bonds is 3. The Labute approximate surface area is 107 Å². The largest absolute Gasteiger partial charge is 0.406 e. The molecule has 7 heteroatoms. The Balaban J connectivity index is 2.19. The third-order valence-corrected chi connectivity index (χ3v) is 2.38. The second-order valence-corrected chi connectivity index (χ2v) is 4.40. The predicted molar refractivity (Wildman–Crippen MR) is 63.3 cm³/mol. The molecule has 0 saturated carbocycles. The van der Waals surface area contributed by atoms with Crippen molar-refractivity contribution in [3.8, 4) is 0 Å². The maximum atomic E-state index is 13.4. The molecule has 17 heavy (non-hydrogen) atoms. The first-order valence-electron chi connectivity index (χ1n) is 4.76. The molecule has 0 aliphatic heterocycles.